The van der Waals surface area contributed by atoms with Crippen LogP contribution in [-0.4, -0.2) is 46.2 Å². The molecule has 0 bridgehead atoms. The zero-order chi connectivity index (χ0) is 26.5. The topological polar surface area (TPSA) is 96.0 Å². The van der Waals surface area contributed by atoms with Crippen molar-refractivity contribution in [3.8, 4) is 0 Å². The molecule has 2 aromatic rings. The van der Waals surface area contributed by atoms with Crippen molar-refractivity contribution >= 4 is 29.5 Å². The van der Waals surface area contributed by atoms with Crippen LogP contribution in [0.5, 0.6) is 0 Å². The fourth-order valence-corrected chi connectivity index (χ4v) is 5.29. The number of rotatable bonds is 7. The zero-order valence-corrected chi connectivity index (χ0v) is 20.6. The SMILES string of the molecule is CC(=O)Nc1ccc2c(c1)CC[C@@]21OC(=O)N(CC(=O)N(Cc2ccc(F)cc2F)[C@@H](C)C2CC2)C1=O. The molecular weight excluding hydrogens is 484 g/mol. The summed E-state index contributed by atoms with van der Waals surface area (Å²) in [5.41, 5.74) is 0.513. The molecule has 10 heteroatoms. The Hall–Kier alpha value is -3.82. The van der Waals surface area contributed by atoms with Crippen LogP contribution in [0.25, 0.3) is 0 Å². The average molecular weight is 512 g/mol. The molecule has 2 aromatic carbocycles. The van der Waals surface area contributed by atoms with Gasteiger partial charge in [0.25, 0.3) is 5.91 Å². The Balaban J connectivity index is 1.37. The quantitative estimate of drug-likeness (QED) is 0.609. The van der Waals surface area contributed by atoms with E-state index in [2.05, 4.69) is 5.32 Å². The van der Waals surface area contributed by atoms with Crippen LogP contribution in [0.4, 0.5) is 19.3 Å². The fourth-order valence-electron chi connectivity index (χ4n) is 5.29. The van der Waals surface area contributed by atoms with E-state index in [1.807, 2.05) is 6.92 Å². The van der Waals surface area contributed by atoms with Gasteiger partial charge in [-0.3, -0.25) is 14.4 Å². The lowest BCUT2D eigenvalue weighted by Crippen LogP contribution is -2.47. The molecule has 2 aliphatic carbocycles. The first-order valence-corrected chi connectivity index (χ1v) is 12.3. The van der Waals surface area contributed by atoms with Crippen molar-refractivity contribution in [1.29, 1.82) is 0 Å². The largest absolute Gasteiger partial charge is 0.427 e. The Morgan fingerprint density at radius 1 is 1.19 bits per heavy atom. The predicted molar refractivity (Wildman–Crippen MR) is 128 cm³/mol. The van der Waals surface area contributed by atoms with Crippen molar-refractivity contribution in [2.75, 3.05) is 11.9 Å². The van der Waals surface area contributed by atoms with E-state index in [9.17, 15) is 28.0 Å². The maximum Gasteiger partial charge on any atom is 0.418 e. The van der Waals surface area contributed by atoms with Gasteiger partial charge < -0.3 is 15.0 Å². The highest BCUT2D eigenvalue weighted by Gasteiger charge is 2.58. The normalized spacial score (nSPS) is 21.1. The maximum atomic E-state index is 14.4. The molecule has 2 fully saturated rings. The average Bonchev–Trinajstić information content (AvgIpc) is 3.59. The second-order valence-electron chi connectivity index (χ2n) is 9.97. The highest BCUT2D eigenvalue weighted by Crippen LogP contribution is 2.46. The van der Waals surface area contributed by atoms with Gasteiger partial charge in [0.1, 0.15) is 18.2 Å². The van der Waals surface area contributed by atoms with Crippen LogP contribution < -0.4 is 5.32 Å². The van der Waals surface area contributed by atoms with Gasteiger partial charge in [-0.2, -0.15) is 0 Å². The second-order valence-corrected chi connectivity index (χ2v) is 9.97. The molecule has 1 saturated carbocycles. The monoisotopic (exact) mass is 511 g/mol. The van der Waals surface area contributed by atoms with E-state index in [1.54, 1.807) is 18.2 Å². The first-order valence-electron chi connectivity index (χ1n) is 12.3. The molecule has 5 rings (SSSR count). The lowest BCUT2D eigenvalue weighted by molar-refractivity contribution is -0.143. The molecule has 1 aliphatic heterocycles. The van der Waals surface area contributed by atoms with Crippen LogP contribution in [0.2, 0.25) is 0 Å². The minimum Gasteiger partial charge on any atom is -0.427 e. The summed E-state index contributed by atoms with van der Waals surface area (Å²) in [6, 6.07) is 7.97. The number of hydrogen-bond donors (Lipinski definition) is 1. The van der Waals surface area contributed by atoms with Crippen LogP contribution in [0.15, 0.2) is 36.4 Å². The van der Waals surface area contributed by atoms with Crippen LogP contribution in [0.3, 0.4) is 0 Å². The summed E-state index contributed by atoms with van der Waals surface area (Å²) in [4.78, 5) is 53.4. The van der Waals surface area contributed by atoms with E-state index in [0.717, 1.165) is 35.4 Å². The Kier molecular flexibility index (Phi) is 6.21. The number of fused-ring (bicyclic) bond motifs is 2. The summed E-state index contributed by atoms with van der Waals surface area (Å²) < 4.78 is 33.4. The van der Waals surface area contributed by atoms with Crippen LogP contribution >= 0.6 is 0 Å². The number of aryl methyl sites for hydroxylation is 1. The number of carbonyl (C=O) groups excluding carboxylic acids is 4. The lowest BCUT2D eigenvalue weighted by atomic mass is 9.94. The molecule has 0 unspecified atom stereocenters. The van der Waals surface area contributed by atoms with Crippen LogP contribution in [0.1, 0.15) is 49.8 Å². The zero-order valence-electron chi connectivity index (χ0n) is 20.6. The van der Waals surface area contributed by atoms with Crippen molar-refractivity contribution in [1.82, 2.24) is 9.80 Å². The number of nitrogens with one attached hydrogen (secondary N) is 1. The number of hydrogen-bond acceptors (Lipinski definition) is 5. The Morgan fingerprint density at radius 3 is 2.62 bits per heavy atom. The molecule has 194 valence electrons. The van der Waals surface area contributed by atoms with Crippen molar-refractivity contribution in [3.05, 3.63) is 64.7 Å². The highest BCUT2D eigenvalue weighted by molar-refractivity contribution is 6.06. The van der Waals surface area contributed by atoms with E-state index in [-0.39, 0.29) is 36.4 Å². The van der Waals surface area contributed by atoms with Crippen molar-refractivity contribution in [2.45, 2.75) is 57.7 Å². The van der Waals surface area contributed by atoms with Crippen LogP contribution in [-0.2, 0) is 37.7 Å². The van der Waals surface area contributed by atoms with Gasteiger partial charge in [0.2, 0.25) is 17.4 Å². The van der Waals surface area contributed by atoms with Gasteiger partial charge in [0, 0.05) is 48.8 Å². The summed E-state index contributed by atoms with van der Waals surface area (Å²) in [6.45, 7) is 2.59. The standard InChI is InChI=1S/C27H27F2N3O5/c1-15(17-3-4-17)31(13-19-5-6-20(28)12-23(19)29)24(34)14-32-25(35)27(37-26(32)36)10-9-18-11-21(30-16(2)33)7-8-22(18)27/h5-8,11-12,15,17H,3-4,9-10,13-14H2,1-2H3,(H,30,33)/t15-,27+/m0/s1. The number of nitrogens with zero attached hydrogens (tertiary/aromatic N) is 2. The molecule has 8 nitrogen and oxygen atoms in total. The molecule has 3 aliphatic rings. The predicted octanol–water partition coefficient (Wildman–Crippen LogP) is 3.87. The fraction of sp³-hybridized carbons (Fsp3) is 0.407. The van der Waals surface area contributed by atoms with E-state index in [4.69, 9.17) is 4.74 Å². The summed E-state index contributed by atoms with van der Waals surface area (Å²) >= 11 is 0. The number of carbonyl (C=O) groups is 4. The third kappa shape index (κ3) is 4.56. The van der Waals surface area contributed by atoms with Crippen molar-refractivity contribution in [3.63, 3.8) is 0 Å². The second kappa shape index (κ2) is 9.24. The molecule has 1 saturated heterocycles. The summed E-state index contributed by atoms with van der Waals surface area (Å²) in [5.74, 6) is -2.62. The lowest BCUT2D eigenvalue weighted by Gasteiger charge is -2.31. The number of imide groups is 1. The van der Waals surface area contributed by atoms with Gasteiger partial charge in [-0.15, -0.1) is 0 Å². The summed E-state index contributed by atoms with van der Waals surface area (Å²) in [7, 11) is 0. The number of anilines is 1. The third-order valence-electron chi connectivity index (χ3n) is 7.45. The van der Waals surface area contributed by atoms with Gasteiger partial charge in [-0.1, -0.05) is 12.1 Å². The van der Waals surface area contributed by atoms with Crippen molar-refractivity contribution < 1.29 is 32.7 Å². The summed E-state index contributed by atoms with van der Waals surface area (Å²) in [6.07, 6.45) is 1.61. The number of halogens is 2. The Morgan fingerprint density at radius 2 is 1.95 bits per heavy atom. The Labute approximate surface area is 212 Å². The van der Waals surface area contributed by atoms with E-state index >= 15 is 0 Å². The molecule has 0 radical (unpaired) electrons. The molecular formula is C27H27F2N3O5. The summed E-state index contributed by atoms with van der Waals surface area (Å²) in [5, 5.41) is 2.69. The molecule has 1 N–H and O–H groups in total. The minimum atomic E-state index is -1.52. The van der Waals surface area contributed by atoms with Crippen LogP contribution in [0, 0.1) is 17.6 Å². The number of ether oxygens (including phenoxy) is 1. The highest BCUT2D eigenvalue weighted by atomic mass is 19.1. The molecule has 0 aromatic heterocycles. The first kappa shape index (κ1) is 24.9. The van der Waals surface area contributed by atoms with Gasteiger partial charge in [0.05, 0.1) is 0 Å². The van der Waals surface area contributed by atoms with Gasteiger partial charge in [0.15, 0.2) is 0 Å². The van der Waals surface area contributed by atoms with Gasteiger partial charge in [-0.25, -0.2) is 18.5 Å². The number of amides is 4. The molecule has 37 heavy (non-hydrogen) atoms. The molecule has 1 heterocycles. The number of benzene rings is 2. The van der Waals surface area contributed by atoms with Gasteiger partial charge >= 0.3 is 6.09 Å². The minimum absolute atomic E-state index is 0.112. The smallest absolute Gasteiger partial charge is 0.418 e. The first-order chi connectivity index (χ1) is 17.6. The van der Waals surface area contributed by atoms with Crippen molar-refractivity contribution in [2.24, 2.45) is 5.92 Å². The molecule has 1 spiro atoms. The maximum absolute atomic E-state index is 14.4. The van der Waals surface area contributed by atoms with Gasteiger partial charge in [-0.05, 0) is 55.9 Å². The van der Waals surface area contributed by atoms with E-state index < -0.39 is 41.7 Å². The molecule has 2 atom stereocenters. The third-order valence-corrected chi connectivity index (χ3v) is 7.45. The van der Waals surface area contributed by atoms with E-state index in [0.29, 0.717) is 17.7 Å². The Bertz CT molecular complexity index is 1310. The molecule has 4 amide bonds. The van der Waals surface area contributed by atoms with E-state index in [1.165, 1.54) is 17.9 Å².